The Morgan fingerprint density at radius 2 is 2.08 bits per heavy atom. The minimum Gasteiger partial charge on any atom is -0.368 e. The van der Waals surface area contributed by atoms with E-state index in [1.165, 1.54) is 0 Å². The molecule has 0 aliphatic rings. The number of halogens is 2. The number of nitrogen functional groups attached to an aromatic ring is 1. The molecule has 4 aromatic heterocycles. The average Bonchev–Trinajstić information content (AvgIpc) is 3.18. The predicted molar refractivity (Wildman–Crippen MR) is 91.9 cm³/mol. The number of aromatic nitrogens is 7. The zero-order chi connectivity index (χ0) is 18.3. The van der Waals surface area contributed by atoms with Crippen molar-refractivity contribution >= 4 is 28.4 Å². The van der Waals surface area contributed by atoms with Crippen molar-refractivity contribution in [3.8, 4) is 11.3 Å². The van der Waals surface area contributed by atoms with Crippen LogP contribution in [0.15, 0.2) is 24.4 Å². The molecule has 4 aromatic rings. The Kier molecular flexibility index (Phi) is 3.82. The van der Waals surface area contributed by atoms with E-state index >= 15 is 0 Å². The maximum Gasteiger partial charge on any atom is 0.258 e. The van der Waals surface area contributed by atoms with Crippen molar-refractivity contribution in [1.29, 1.82) is 0 Å². The number of alkyl halides is 2. The summed E-state index contributed by atoms with van der Waals surface area (Å²) < 4.78 is 28.2. The molecule has 0 fully saturated rings. The number of nitrogens with zero attached hydrogens (tertiary/aromatic N) is 7. The Balaban J connectivity index is 1.89. The molecular formula is C15H15F2N9. The Labute approximate surface area is 145 Å². The van der Waals surface area contributed by atoms with E-state index in [0.29, 0.717) is 34.7 Å². The predicted octanol–water partition coefficient (Wildman–Crippen LogP) is 1.82. The van der Waals surface area contributed by atoms with E-state index in [-0.39, 0.29) is 5.95 Å². The van der Waals surface area contributed by atoms with Gasteiger partial charge in [0.2, 0.25) is 5.95 Å². The average molecular weight is 359 g/mol. The summed E-state index contributed by atoms with van der Waals surface area (Å²) >= 11 is 0. The third-order valence-corrected chi connectivity index (χ3v) is 3.82. The van der Waals surface area contributed by atoms with Crippen LogP contribution in [-0.2, 0) is 6.54 Å². The zero-order valence-electron chi connectivity index (χ0n) is 13.8. The van der Waals surface area contributed by atoms with Crippen molar-refractivity contribution in [2.24, 2.45) is 0 Å². The van der Waals surface area contributed by atoms with E-state index in [2.05, 4.69) is 30.7 Å². The minimum absolute atomic E-state index is 0.137. The number of nitrogens with two attached hydrogens (primary N) is 1. The molecule has 0 spiro atoms. The highest BCUT2D eigenvalue weighted by Crippen LogP contribution is 2.29. The van der Waals surface area contributed by atoms with Gasteiger partial charge < -0.3 is 11.1 Å². The Bertz CT molecular complexity index is 1090. The maximum absolute atomic E-state index is 12.7. The van der Waals surface area contributed by atoms with Gasteiger partial charge in [0.15, 0.2) is 11.5 Å². The molecule has 0 aliphatic carbocycles. The summed E-state index contributed by atoms with van der Waals surface area (Å²) in [5.74, 6) is 0.708. The van der Waals surface area contributed by atoms with Crippen LogP contribution in [0.5, 0.6) is 0 Å². The molecule has 0 aliphatic heterocycles. The molecule has 9 nitrogen and oxygen atoms in total. The molecule has 134 valence electrons. The highest BCUT2D eigenvalue weighted by atomic mass is 19.3. The van der Waals surface area contributed by atoms with Crippen LogP contribution in [0.1, 0.15) is 6.92 Å². The molecule has 0 aromatic carbocycles. The number of fused-ring (bicyclic) bond motifs is 2. The summed E-state index contributed by atoms with van der Waals surface area (Å²) in [7, 11) is 0. The number of rotatable bonds is 5. The maximum atomic E-state index is 12.7. The largest absolute Gasteiger partial charge is 0.368 e. The first-order valence-electron chi connectivity index (χ1n) is 7.94. The van der Waals surface area contributed by atoms with Crippen molar-refractivity contribution in [1.82, 2.24) is 34.6 Å². The molecule has 0 saturated carbocycles. The highest BCUT2D eigenvalue weighted by Gasteiger charge is 2.17. The Morgan fingerprint density at radius 3 is 2.85 bits per heavy atom. The lowest BCUT2D eigenvalue weighted by Gasteiger charge is -2.08. The van der Waals surface area contributed by atoms with Crippen LogP contribution in [0, 0.1) is 0 Å². The first-order valence-corrected chi connectivity index (χ1v) is 7.94. The third-order valence-electron chi connectivity index (χ3n) is 3.82. The second-order valence-electron chi connectivity index (χ2n) is 5.57. The molecule has 4 rings (SSSR count). The summed E-state index contributed by atoms with van der Waals surface area (Å²) in [6, 6.07) is 5.27. The molecule has 0 unspecified atom stereocenters. The van der Waals surface area contributed by atoms with Crippen LogP contribution in [0.3, 0.4) is 0 Å². The van der Waals surface area contributed by atoms with Crippen molar-refractivity contribution in [2.45, 2.75) is 19.9 Å². The minimum atomic E-state index is -2.54. The van der Waals surface area contributed by atoms with E-state index in [1.54, 1.807) is 22.8 Å². The number of pyridine rings is 1. The number of hydrogen-bond acceptors (Lipinski definition) is 7. The van der Waals surface area contributed by atoms with Crippen LogP contribution < -0.4 is 11.1 Å². The molecule has 3 N–H and O–H groups in total. The van der Waals surface area contributed by atoms with Crippen molar-refractivity contribution < 1.29 is 8.78 Å². The first-order chi connectivity index (χ1) is 12.6. The molecule has 0 bridgehead atoms. The molecule has 0 amide bonds. The normalized spacial score (nSPS) is 11.7. The van der Waals surface area contributed by atoms with Gasteiger partial charge in [0, 0.05) is 18.3 Å². The standard InChI is InChI=1S/C15H15F2N9/c1-2-19-13-12-8(5-6-25(12)23-15(18)21-13)9-3-4-10-14(20-9)26(24-22-10)7-11(16)17/h3-6,11H,2,7H2,1H3,(H3,18,19,21,23). The molecule has 4 heterocycles. The lowest BCUT2D eigenvalue weighted by Crippen LogP contribution is -2.09. The topological polar surface area (TPSA) is 112 Å². The van der Waals surface area contributed by atoms with Crippen molar-refractivity contribution in [3.05, 3.63) is 24.4 Å². The molecule has 26 heavy (non-hydrogen) atoms. The van der Waals surface area contributed by atoms with E-state index in [0.717, 1.165) is 10.2 Å². The van der Waals surface area contributed by atoms with Gasteiger partial charge >= 0.3 is 0 Å². The molecular weight excluding hydrogens is 344 g/mol. The summed E-state index contributed by atoms with van der Waals surface area (Å²) in [4.78, 5) is 8.72. The van der Waals surface area contributed by atoms with Crippen LogP contribution in [0.4, 0.5) is 20.5 Å². The van der Waals surface area contributed by atoms with Gasteiger partial charge in [0.05, 0.1) is 5.69 Å². The Hall–Kier alpha value is -3.37. The van der Waals surface area contributed by atoms with Gasteiger partial charge in [-0.05, 0) is 25.1 Å². The van der Waals surface area contributed by atoms with Crippen LogP contribution in [0.25, 0.3) is 27.9 Å². The summed E-state index contributed by atoms with van der Waals surface area (Å²) in [6.45, 7) is 2.02. The lowest BCUT2D eigenvalue weighted by molar-refractivity contribution is 0.122. The number of nitrogens with one attached hydrogen (secondary N) is 1. The first kappa shape index (κ1) is 16.1. The van der Waals surface area contributed by atoms with Gasteiger partial charge in [-0.15, -0.1) is 10.2 Å². The second-order valence-corrected chi connectivity index (χ2v) is 5.57. The third kappa shape index (κ3) is 2.66. The highest BCUT2D eigenvalue weighted by molar-refractivity contribution is 5.89. The van der Waals surface area contributed by atoms with Crippen molar-refractivity contribution in [2.75, 3.05) is 17.6 Å². The zero-order valence-corrected chi connectivity index (χ0v) is 13.8. The van der Waals surface area contributed by atoms with Crippen LogP contribution in [-0.4, -0.2) is 47.5 Å². The summed E-state index contributed by atoms with van der Waals surface area (Å²) in [5.41, 5.74) is 8.50. The smallest absolute Gasteiger partial charge is 0.258 e. The SMILES string of the molecule is CCNc1nc(N)nn2ccc(-c3ccc4nnn(CC(F)F)c4n3)c12. The Morgan fingerprint density at radius 1 is 1.23 bits per heavy atom. The van der Waals surface area contributed by atoms with Crippen molar-refractivity contribution in [3.63, 3.8) is 0 Å². The van der Waals surface area contributed by atoms with E-state index in [4.69, 9.17) is 5.73 Å². The second kappa shape index (κ2) is 6.17. The fraction of sp³-hybridized carbons (Fsp3) is 0.267. The van der Waals surface area contributed by atoms with Gasteiger partial charge in [-0.3, -0.25) is 0 Å². The van der Waals surface area contributed by atoms with Gasteiger partial charge in [0.1, 0.15) is 17.6 Å². The van der Waals surface area contributed by atoms with Crippen LogP contribution in [0.2, 0.25) is 0 Å². The van der Waals surface area contributed by atoms with Gasteiger partial charge in [0.25, 0.3) is 6.43 Å². The van der Waals surface area contributed by atoms with Gasteiger partial charge in [-0.25, -0.2) is 23.0 Å². The summed E-state index contributed by atoms with van der Waals surface area (Å²) in [5, 5.41) is 14.9. The van der Waals surface area contributed by atoms with E-state index in [1.807, 2.05) is 13.0 Å². The van der Waals surface area contributed by atoms with Gasteiger partial charge in [-0.2, -0.15) is 4.98 Å². The number of anilines is 2. The number of hydrogen-bond donors (Lipinski definition) is 2. The molecule has 0 saturated heterocycles. The monoisotopic (exact) mass is 359 g/mol. The molecule has 0 atom stereocenters. The summed E-state index contributed by atoms with van der Waals surface area (Å²) in [6.07, 6.45) is -0.804. The van der Waals surface area contributed by atoms with Gasteiger partial charge in [-0.1, -0.05) is 5.21 Å². The fourth-order valence-corrected chi connectivity index (χ4v) is 2.80. The van der Waals surface area contributed by atoms with Crippen LogP contribution >= 0.6 is 0 Å². The van der Waals surface area contributed by atoms with E-state index in [9.17, 15) is 8.78 Å². The quantitative estimate of drug-likeness (QED) is 0.559. The molecule has 0 radical (unpaired) electrons. The fourth-order valence-electron chi connectivity index (χ4n) is 2.80. The molecule has 11 heteroatoms. The van der Waals surface area contributed by atoms with E-state index < -0.39 is 13.0 Å². The lowest BCUT2D eigenvalue weighted by atomic mass is 10.2.